The molecule has 0 aromatic heterocycles. The van der Waals surface area contributed by atoms with E-state index in [1.54, 1.807) is 38.1 Å². The van der Waals surface area contributed by atoms with E-state index in [1.165, 1.54) is 12.8 Å². The van der Waals surface area contributed by atoms with Crippen LogP contribution in [0.15, 0.2) is 24.3 Å². The Balaban J connectivity index is 1.96. The normalized spacial score (nSPS) is 16.5. The van der Waals surface area contributed by atoms with Gasteiger partial charge in [0.1, 0.15) is 5.41 Å². The van der Waals surface area contributed by atoms with Gasteiger partial charge in [0.15, 0.2) is 0 Å². The number of anilines is 1. The Hall–Kier alpha value is -1.55. The van der Waals surface area contributed by atoms with E-state index in [-0.39, 0.29) is 17.9 Å². The average Bonchev–Trinajstić information content (AvgIpc) is 2.78. The summed E-state index contributed by atoms with van der Waals surface area (Å²) in [6, 6.07) is 7.04. The zero-order valence-electron chi connectivity index (χ0n) is 13.8. The Bertz CT molecular complexity index is 547. The van der Waals surface area contributed by atoms with E-state index in [2.05, 4.69) is 10.6 Å². The van der Waals surface area contributed by atoms with Gasteiger partial charge >= 0.3 is 0 Å². The quantitative estimate of drug-likeness (QED) is 0.641. The lowest BCUT2D eigenvalue weighted by molar-refractivity contribution is -0.138. The van der Waals surface area contributed by atoms with Crippen LogP contribution < -0.4 is 10.6 Å². The Morgan fingerprint density at radius 1 is 1.00 bits per heavy atom. The van der Waals surface area contributed by atoms with Crippen molar-refractivity contribution < 1.29 is 9.59 Å². The second-order valence-corrected chi connectivity index (χ2v) is 7.18. The molecule has 0 atom stereocenters. The van der Waals surface area contributed by atoms with Gasteiger partial charge < -0.3 is 10.6 Å². The molecule has 1 aromatic rings. The van der Waals surface area contributed by atoms with E-state index in [0.29, 0.717) is 10.7 Å². The van der Waals surface area contributed by atoms with Crippen LogP contribution in [-0.2, 0) is 9.59 Å². The lowest BCUT2D eigenvalue weighted by atomic mass is 9.90. The number of hydrogen-bond donors (Lipinski definition) is 2. The molecule has 0 heterocycles. The summed E-state index contributed by atoms with van der Waals surface area (Å²) >= 11 is 5.83. The van der Waals surface area contributed by atoms with Gasteiger partial charge in [0.25, 0.3) is 0 Å². The van der Waals surface area contributed by atoms with E-state index < -0.39 is 5.41 Å². The van der Waals surface area contributed by atoms with Crippen LogP contribution in [0.3, 0.4) is 0 Å². The highest BCUT2D eigenvalue weighted by molar-refractivity contribution is 6.30. The molecule has 0 saturated heterocycles. The van der Waals surface area contributed by atoms with Crippen LogP contribution in [0.4, 0.5) is 5.69 Å². The predicted octanol–water partition coefficient (Wildman–Crippen LogP) is 4.14. The molecule has 2 N–H and O–H groups in total. The first kappa shape index (κ1) is 17.8. The van der Waals surface area contributed by atoms with Gasteiger partial charge in [-0.05, 0) is 51.0 Å². The monoisotopic (exact) mass is 336 g/mol. The van der Waals surface area contributed by atoms with E-state index in [9.17, 15) is 9.59 Å². The summed E-state index contributed by atoms with van der Waals surface area (Å²) in [5, 5.41) is 6.44. The van der Waals surface area contributed by atoms with Crippen LogP contribution in [-0.4, -0.2) is 17.9 Å². The first-order valence-corrected chi connectivity index (χ1v) is 8.65. The molecule has 1 aromatic carbocycles. The number of benzene rings is 1. The number of nitrogens with one attached hydrogen (secondary N) is 2. The molecule has 0 spiro atoms. The third-order valence-corrected chi connectivity index (χ3v) is 4.68. The maximum absolute atomic E-state index is 12.5. The van der Waals surface area contributed by atoms with E-state index >= 15 is 0 Å². The van der Waals surface area contributed by atoms with Crippen LogP contribution >= 0.6 is 11.6 Å². The van der Waals surface area contributed by atoms with Crippen molar-refractivity contribution in [2.75, 3.05) is 5.32 Å². The molecular formula is C18H25ClN2O2. The minimum atomic E-state index is -1.12. The van der Waals surface area contributed by atoms with Crippen molar-refractivity contribution in [1.82, 2.24) is 5.32 Å². The van der Waals surface area contributed by atoms with Gasteiger partial charge in [-0.3, -0.25) is 9.59 Å². The van der Waals surface area contributed by atoms with Crippen molar-refractivity contribution >= 4 is 29.1 Å². The molecule has 1 saturated carbocycles. The van der Waals surface area contributed by atoms with Crippen molar-refractivity contribution in [3.05, 3.63) is 29.3 Å². The Labute approximate surface area is 143 Å². The summed E-state index contributed by atoms with van der Waals surface area (Å²) in [6.45, 7) is 3.31. The molecule has 0 unspecified atom stereocenters. The van der Waals surface area contributed by atoms with Crippen molar-refractivity contribution in [1.29, 1.82) is 0 Å². The highest BCUT2D eigenvalue weighted by atomic mass is 35.5. The molecule has 0 aliphatic heterocycles. The van der Waals surface area contributed by atoms with Gasteiger partial charge in [0.2, 0.25) is 11.8 Å². The summed E-state index contributed by atoms with van der Waals surface area (Å²) in [7, 11) is 0. The predicted molar refractivity (Wildman–Crippen MR) is 93.5 cm³/mol. The summed E-state index contributed by atoms with van der Waals surface area (Å²) < 4.78 is 0. The molecule has 0 radical (unpaired) electrons. The van der Waals surface area contributed by atoms with Crippen molar-refractivity contribution in [2.45, 2.75) is 58.4 Å². The van der Waals surface area contributed by atoms with Gasteiger partial charge in [-0.2, -0.15) is 0 Å². The fraction of sp³-hybridized carbons (Fsp3) is 0.556. The largest absolute Gasteiger partial charge is 0.352 e. The lowest BCUT2D eigenvalue weighted by Gasteiger charge is -2.26. The van der Waals surface area contributed by atoms with E-state index in [1.807, 2.05) is 0 Å². The first-order valence-electron chi connectivity index (χ1n) is 8.27. The fourth-order valence-corrected chi connectivity index (χ4v) is 2.84. The van der Waals surface area contributed by atoms with Crippen molar-refractivity contribution in [3.63, 3.8) is 0 Å². The Kier molecular flexibility index (Phi) is 6.05. The topological polar surface area (TPSA) is 58.2 Å². The van der Waals surface area contributed by atoms with Crippen LogP contribution in [0.1, 0.15) is 52.4 Å². The molecule has 126 valence electrons. The number of hydrogen-bond acceptors (Lipinski definition) is 2. The second-order valence-electron chi connectivity index (χ2n) is 6.75. The number of amides is 2. The Morgan fingerprint density at radius 3 is 2.13 bits per heavy atom. The minimum absolute atomic E-state index is 0.188. The molecule has 1 aliphatic rings. The van der Waals surface area contributed by atoms with Crippen LogP contribution in [0.25, 0.3) is 0 Å². The zero-order chi connectivity index (χ0) is 16.9. The average molecular weight is 337 g/mol. The number of carbonyl (C=O) groups excluding carboxylic acids is 2. The molecule has 1 aliphatic carbocycles. The maximum atomic E-state index is 12.5. The third kappa shape index (κ3) is 4.96. The fourth-order valence-electron chi connectivity index (χ4n) is 2.71. The van der Waals surface area contributed by atoms with E-state index in [0.717, 1.165) is 25.7 Å². The molecule has 0 bridgehead atoms. The summed E-state index contributed by atoms with van der Waals surface area (Å²) in [6.07, 6.45) is 6.74. The van der Waals surface area contributed by atoms with Crippen molar-refractivity contribution in [3.8, 4) is 0 Å². The number of carbonyl (C=O) groups is 2. The van der Waals surface area contributed by atoms with Gasteiger partial charge in [0, 0.05) is 16.8 Å². The van der Waals surface area contributed by atoms with Crippen LogP contribution in [0, 0.1) is 5.41 Å². The smallest absolute Gasteiger partial charge is 0.239 e. The van der Waals surface area contributed by atoms with Gasteiger partial charge in [-0.1, -0.05) is 37.3 Å². The van der Waals surface area contributed by atoms with E-state index in [4.69, 9.17) is 11.6 Å². The summed E-state index contributed by atoms with van der Waals surface area (Å²) in [5.41, 5.74) is -0.485. The molecule has 4 nitrogen and oxygen atoms in total. The zero-order valence-corrected chi connectivity index (χ0v) is 14.6. The van der Waals surface area contributed by atoms with Crippen LogP contribution in [0.2, 0.25) is 5.02 Å². The molecule has 5 heteroatoms. The second kappa shape index (κ2) is 7.82. The minimum Gasteiger partial charge on any atom is -0.352 e. The third-order valence-electron chi connectivity index (χ3n) is 4.43. The molecule has 1 fully saturated rings. The molecule has 23 heavy (non-hydrogen) atoms. The standard InChI is InChI=1S/C18H25ClN2O2/c1-18(2,16(22)20-14-7-5-3-4-6-8-14)17(23)21-15-11-9-13(19)10-12-15/h9-12,14H,3-8H2,1-2H3,(H,20,22)(H,21,23). The number of halogens is 1. The lowest BCUT2D eigenvalue weighted by Crippen LogP contribution is -2.48. The van der Waals surface area contributed by atoms with Gasteiger partial charge in [0.05, 0.1) is 0 Å². The Morgan fingerprint density at radius 2 is 1.57 bits per heavy atom. The SMILES string of the molecule is CC(C)(C(=O)Nc1ccc(Cl)cc1)C(=O)NC1CCCCCC1. The van der Waals surface area contributed by atoms with Gasteiger partial charge in [-0.25, -0.2) is 0 Å². The van der Waals surface area contributed by atoms with Gasteiger partial charge in [-0.15, -0.1) is 0 Å². The highest BCUT2D eigenvalue weighted by Crippen LogP contribution is 2.23. The number of rotatable bonds is 4. The highest BCUT2D eigenvalue weighted by Gasteiger charge is 2.37. The molecule has 2 rings (SSSR count). The summed E-state index contributed by atoms with van der Waals surface area (Å²) in [5.74, 6) is -0.526. The maximum Gasteiger partial charge on any atom is 0.239 e. The molecule has 2 amide bonds. The molecular weight excluding hydrogens is 312 g/mol. The summed E-state index contributed by atoms with van der Waals surface area (Å²) in [4.78, 5) is 25.0. The van der Waals surface area contributed by atoms with Crippen LogP contribution in [0.5, 0.6) is 0 Å². The van der Waals surface area contributed by atoms with Crippen molar-refractivity contribution in [2.24, 2.45) is 5.41 Å². The first-order chi connectivity index (χ1) is 10.9.